The smallest absolute Gasteiger partial charge is 0.126 e. The van der Waals surface area contributed by atoms with Crippen LogP contribution in [0, 0.1) is 11.6 Å². The van der Waals surface area contributed by atoms with Gasteiger partial charge >= 0.3 is 0 Å². The van der Waals surface area contributed by atoms with Crippen LogP contribution in [-0.2, 0) is 30.9 Å². The number of hydrogen-bond acceptors (Lipinski definition) is 4. The first-order valence-corrected chi connectivity index (χ1v) is 12.8. The largest absolute Gasteiger partial charge is 0.395 e. The summed E-state index contributed by atoms with van der Waals surface area (Å²) in [6.45, 7) is 1.11. The average Bonchev–Trinajstić information content (AvgIpc) is 2.93. The Hall–Kier alpha value is -3.42. The lowest BCUT2D eigenvalue weighted by molar-refractivity contribution is -0.0509. The van der Waals surface area contributed by atoms with E-state index in [9.17, 15) is 13.9 Å². The molecule has 4 nitrogen and oxygen atoms in total. The lowest BCUT2D eigenvalue weighted by atomic mass is 9.93. The molecule has 0 spiro atoms. The molecule has 0 heterocycles. The van der Waals surface area contributed by atoms with Gasteiger partial charge in [0, 0.05) is 25.2 Å². The molecule has 0 saturated heterocycles. The van der Waals surface area contributed by atoms with Crippen molar-refractivity contribution in [2.75, 3.05) is 6.61 Å². The molecule has 0 aliphatic carbocycles. The SMILES string of the molecule is N[C@H](CO)[C@@H](OCc1ccccc1)[C@H](Cc1cc(F)cc(F)c1)N(Cc1ccccc1)Cc1ccccc1. The molecule has 0 aromatic heterocycles. The number of benzene rings is 4. The predicted molar refractivity (Wildman–Crippen MR) is 146 cm³/mol. The van der Waals surface area contributed by atoms with Crippen molar-refractivity contribution in [1.82, 2.24) is 4.90 Å². The Morgan fingerprint density at radius 3 is 1.63 bits per heavy atom. The minimum Gasteiger partial charge on any atom is -0.395 e. The first-order chi connectivity index (χ1) is 18.5. The molecular formula is C32H34F2N2O2. The Morgan fingerprint density at radius 1 is 0.684 bits per heavy atom. The topological polar surface area (TPSA) is 58.7 Å². The van der Waals surface area contributed by atoms with E-state index in [1.165, 1.54) is 12.1 Å². The van der Waals surface area contributed by atoms with E-state index >= 15 is 0 Å². The molecule has 0 radical (unpaired) electrons. The van der Waals surface area contributed by atoms with Crippen LogP contribution in [0.15, 0.2) is 109 Å². The van der Waals surface area contributed by atoms with E-state index in [4.69, 9.17) is 10.5 Å². The number of nitrogens with zero attached hydrogens (tertiary/aromatic N) is 1. The van der Waals surface area contributed by atoms with Gasteiger partial charge in [0.05, 0.1) is 25.4 Å². The summed E-state index contributed by atoms with van der Waals surface area (Å²) >= 11 is 0. The summed E-state index contributed by atoms with van der Waals surface area (Å²) in [5.41, 5.74) is 10.1. The van der Waals surface area contributed by atoms with E-state index in [2.05, 4.69) is 4.90 Å². The van der Waals surface area contributed by atoms with Gasteiger partial charge in [-0.2, -0.15) is 0 Å². The van der Waals surface area contributed by atoms with Gasteiger partial charge in [0.25, 0.3) is 0 Å². The van der Waals surface area contributed by atoms with Gasteiger partial charge in [-0.3, -0.25) is 4.90 Å². The Bertz CT molecular complexity index is 1180. The minimum atomic E-state index is -0.712. The average molecular weight is 517 g/mol. The van der Waals surface area contributed by atoms with Crippen molar-refractivity contribution < 1.29 is 18.6 Å². The first kappa shape index (κ1) is 27.6. The molecule has 38 heavy (non-hydrogen) atoms. The quantitative estimate of drug-likeness (QED) is 0.247. The molecule has 0 saturated carbocycles. The highest BCUT2D eigenvalue weighted by atomic mass is 19.1. The van der Waals surface area contributed by atoms with Crippen LogP contribution in [0.3, 0.4) is 0 Å². The van der Waals surface area contributed by atoms with Gasteiger partial charge in [0.15, 0.2) is 0 Å². The standard InChI is InChI=1S/C32H34F2N2O2/c33-28-16-27(17-29(34)19-28)18-31(32(30(35)22-37)38-23-26-14-8-3-9-15-26)36(20-24-10-4-1-5-11-24)21-25-12-6-2-7-13-25/h1-17,19,30-32,37H,18,20-23,35H2/t30-,31+,32-/m1/s1. The Balaban J connectivity index is 1.73. The van der Waals surface area contributed by atoms with Gasteiger partial charge in [-0.1, -0.05) is 91.0 Å². The van der Waals surface area contributed by atoms with Crippen LogP contribution in [0.1, 0.15) is 22.3 Å². The molecule has 0 fully saturated rings. The molecule has 4 aromatic carbocycles. The highest BCUT2D eigenvalue weighted by molar-refractivity contribution is 5.22. The van der Waals surface area contributed by atoms with Crippen molar-refractivity contribution in [2.24, 2.45) is 5.73 Å². The molecule has 3 atom stereocenters. The predicted octanol–water partition coefficient (Wildman–Crippen LogP) is 5.48. The lowest BCUT2D eigenvalue weighted by Crippen LogP contribution is -2.54. The highest BCUT2D eigenvalue weighted by Crippen LogP contribution is 2.24. The molecule has 0 aliphatic heterocycles. The van der Waals surface area contributed by atoms with Crippen LogP contribution in [-0.4, -0.2) is 34.8 Å². The summed E-state index contributed by atoms with van der Waals surface area (Å²) in [6, 6.07) is 32.2. The second-order valence-corrected chi connectivity index (χ2v) is 9.53. The maximum Gasteiger partial charge on any atom is 0.126 e. The summed E-state index contributed by atoms with van der Waals surface area (Å²) in [5.74, 6) is -1.27. The zero-order chi connectivity index (χ0) is 26.7. The summed E-state index contributed by atoms with van der Waals surface area (Å²) in [5, 5.41) is 10.1. The van der Waals surface area contributed by atoms with Gasteiger partial charge in [-0.05, 0) is 40.8 Å². The van der Waals surface area contributed by atoms with E-state index in [1.807, 2.05) is 91.0 Å². The molecule has 4 rings (SSSR count). The maximum absolute atomic E-state index is 14.2. The maximum atomic E-state index is 14.2. The molecule has 0 bridgehead atoms. The molecular weight excluding hydrogens is 482 g/mol. The zero-order valence-electron chi connectivity index (χ0n) is 21.3. The number of ether oxygens (including phenoxy) is 1. The van der Waals surface area contributed by atoms with Gasteiger partial charge in [-0.25, -0.2) is 8.78 Å². The van der Waals surface area contributed by atoms with Gasteiger partial charge in [-0.15, -0.1) is 0 Å². The number of rotatable bonds is 13. The molecule has 198 valence electrons. The van der Waals surface area contributed by atoms with Crippen LogP contribution in [0.4, 0.5) is 8.78 Å². The van der Waals surface area contributed by atoms with E-state index in [1.54, 1.807) is 0 Å². The van der Waals surface area contributed by atoms with Crippen LogP contribution < -0.4 is 5.73 Å². The van der Waals surface area contributed by atoms with Gasteiger partial charge in [0.1, 0.15) is 11.6 Å². The van der Waals surface area contributed by atoms with Crippen LogP contribution in [0.25, 0.3) is 0 Å². The third-order valence-electron chi connectivity index (χ3n) is 6.59. The number of halogens is 2. The van der Waals surface area contributed by atoms with Gasteiger partial charge < -0.3 is 15.6 Å². The molecule has 6 heteroatoms. The number of aliphatic hydroxyl groups is 1. The van der Waals surface area contributed by atoms with Crippen LogP contribution in [0.2, 0.25) is 0 Å². The fraction of sp³-hybridized carbons (Fsp3) is 0.250. The summed E-state index contributed by atoms with van der Waals surface area (Å²) in [7, 11) is 0. The Kier molecular flexibility index (Phi) is 10.1. The van der Waals surface area contributed by atoms with Crippen molar-refractivity contribution in [3.8, 4) is 0 Å². The van der Waals surface area contributed by atoms with Crippen molar-refractivity contribution >= 4 is 0 Å². The van der Waals surface area contributed by atoms with Crippen molar-refractivity contribution in [3.05, 3.63) is 143 Å². The van der Waals surface area contributed by atoms with Crippen molar-refractivity contribution in [2.45, 2.75) is 44.3 Å². The number of hydrogen-bond donors (Lipinski definition) is 2. The summed E-state index contributed by atoms with van der Waals surface area (Å²) < 4.78 is 34.9. The number of nitrogens with two attached hydrogens (primary N) is 1. The molecule has 4 aromatic rings. The third kappa shape index (κ3) is 8.04. The fourth-order valence-corrected chi connectivity index (χ4v) is 4.74. The second-order valence-electron chi connectivity index (χ2n) is 9.53. The minimum absolute atomic E-state index is 0.279. The first-order valence-electron chi connectivity index (χ1n) is 12.8. The van der Waals surface area contributed by atoms with Crippen LogP contribution >= 0.6 is 0 Å². The van der Waals surface area contributed by atoms with E-state index < -0.39 is 29.8 Å². The van der Waals surface area contributed by atoms with Crippen LogP contribution in [0.5, 0.6) is 0 Å². The Morgan fingerprint density at radius 2 is 1.16 bits per heavy atom. The highest BCUT2D eigenvalue weighted by Gasteiger charge is 2.33. The van der Waals surface area contributed by atoms with Crippen molar-refractivity contribution in [3.63, 3.8) is 0 Å². The van der Waals surface area contributed by atoms with E-state index in [-0.39, 0.29) is 19.6 Å². The van der Waals surface area contributed by atoms with E-state index in [0.29, 0.717) is 18.7 Å². The molecule has 0 aliphatic rings. The normalized spacial score (nSPS) is 13.8. The van der Waals surface area contributed by atoms with Gasteiger partial charge in [0.2, 0.25) is 0 Å². The summed E-state index contributed by atoms with van der Waals surface area (Å²) in [4.78, 5) is 2.22. The fourth-order valence-electron chi connectivity index (χ4n) is 4.74. The molecule has 0 amide bonds. The van der Waals surface area contributed by atoms with E-state index in [0.717, 1.165) is 22.8 Å². The second kappa shape index (κ2) is 13.9. The Labute approximate surface area is 223 Å². The molecule has 3 N–H and O–H groups in total. The monoisotopic (exact) mass is 516 g/mol. The zero-order valence-corrected chi connectivity index (χ0v) is 21.3. The lowest BCUT2D eigenvalue weighted by Gasteiger charge is -2.39. The number of aliphatic hydroxyl groups excluding tert-OH is 1. The van der Waals surface area contributed by atoms with Crippen molar-refractivity contribution in [1.29, 1.82) is 0 Å². The molecule has 0 unspecified atom stereocenters. The summed E-state index contributed by atoms with van der Waals surface area (Å²) in [6.07, 6.45) is -0.347. The third-order valence-corrected chi connectivity index (χ3v) is 6.59.